The van der Waals surface area contributed by atoms with Gasteiger partial charge in [0.25, 0.3) is 0 Å². The summed E-state index contributed by atoms with van der Waals surface area (Å²) in [5.41, 5.74) is 0.282. The molecule has 0 aromatic carbocycles. The van der Waals surface area contributed by atoms with Crippen LogP contribution in [0.15, 0.2) is 0 Å². The maximum Gasteiger partial charge on any atom is 0.317 e. The smallest absolute Gasteiger partial charge is 0.317 e. The topological polar surface area (TPSA) is 60.9 Å². The van der Waals surface area contributed by atoms with E-state index in [1.807, 2.05) is 16.8 Å². The van der Waals surface area contributed by atoms with Crippen LogP contribution in [-0.4, -0.2) is 59.5 Å². The fourth-order valence-electron chi connectivity index (χ4n) is 4.40. The summed E-state index contributed by atoms with van der Waals surface area (Å²) in [6.45, 7) is 6.28. The van der Waals surface area contributed by atoms with Gasteiger partial charge in [-0.3, -0.25) is 14.5 Å². The highest BCUT2D eigenvalue weighted by Gasteiger charge is 2.35. The van der Waals surface area contributed by atoms with E-state index in [1.54, 1.807) is 0 Å². The molecule has 5 nitrogen and oxygen atoms in total. The van der Waals surface area contributed by atoms with Crippen LogP contribution in [0.25, 0.3) is 0 Å². The molecule has 2 atom stereocenters. The zero-order valence-corrected chi connectivity index (χ0v) is 15.6. The minimum Gasteiger partial charge on any atom is -0.480 e. The van der Waals surface area contributed by atoms with Crippen LogP contribution in [-0.2, 0) is 9.59 Å². The van der Waals surface area contributed by atoms with Crippen molar-refractivity contribution in [1.29, 1.82) is 0 Å². The summed E-state index contributed by atoms with van der Waals surface area (Å²) in [6.07, 6.45) is 8.45. The van der Waals surface area contributed by atoms with Crippen LogP contribution in [0, 0.1) is 11.3 Å². The second kappa shape index (κ2) is 8.32. The maximum atomic E-state index is 12.8. The lowest BCUT2D eigenvalue weighted by Gasteiger charge is -2.39. The number of likely N-dealkylation sites (N-methyl/N-ethyl adjacent to an activating group) is 1. The van der Waals surface area contributed by atoms with Crippen LogP contribution in [0.5, 0.6) is 0 Å². The quantitative estimate of drug-likeness (QED) is 0.837. The molecule has 24 heavy (non-hydrogen) atoms. The molecule has 2 rings (SSSR count). The number of carbonyl (C=O) groups excluding carboxylic acids is 1. The van der Waals surface area contributed by atoms with Gasteiger partial charge >= 0.3 is 5.97 Å². The van der Waals surface area contributed by atoms with Crippen molar-refractivity contribution in [2.24, 2.45) is 11.3 Å². The molecular formula is C19H34N2O3. The first-order valence-corrected chi connectivity index (χ1v) is 9.49. The molecule has 0 radical (unpaired) electrons. The maximum absolute atomic E-state index is 12.8. The third-order valence-electron chi connectivity index (χ3n) is 6.21. The van der Waals surface area contributed by atoms with E-state index in [-0.39, 0.29) is 18.0 Å². The number of carbonyl (C=O) groups is 2. The van der Waals surface area contributed by atoms with Gasteiger partial charge in [-0.15, -0.1) is 0 Å². The summed E-state index contributed by atoms with van der Waals surface area (Å²) >= 11 is 0. The van der Waals surface area contributed by atoms with E-state index in [0.29, 0.717) is 18.2 Å². The number of nitrogens with zero attached hydrogens (tertiary/aromatic N) is 2. The van der Waals surface area contributed by atoms with Gasteiger partial charge in [0.15, 0.2) is 0 Å². The normalized spacial score (nSPS) is 27.8. The second-order valence-electron chi connectivity index (χ2n) is 8.41. The Labute approximate surface area is 146 Å². The Morgan fingerprint density at radius 3 is 2.54 bits per heavy atom. The van der Waals surface area contributed by atoms with Crippen LogP contribution in [0.2, 0.25) is 0 Å². The molecule has 2 fully saturated rings. The number of hydrogen-bond acceptors (Lipinski definition) is 3. The average molecular weight is 338 g/mol. The zero-order chi connectivity index (χ0) is 17.7. The minimum atomic E-state index is -0.783. The zero-order valence-electron chi connectivity index (χ0n) is 15.6. The SMILES string of the molecule is CN(CC(=O)O)C1CCCN(C(=O)CC2CCCCC2(C)C)CC1. The Morgan fingerprint density at radius 1 is 1.12 bits per heavy atom. The van der Waals surface area contributed by atoms with E-state index in [4.69, 9.17) is 5.11 Å². The van der Waals surface area contributed by atoms with Gasteiger partial charge in [-0.25, -0.2) is 0 Å². The lowest BCUT2D eigenvalue weighted by Crippen LogP contribution is -2.39. The largest absolute Gasteiger partial charge is 0.480 e. The molecule has 1 heterocycles. The molecule has 0 aromatic rings. The van der Waals surface area contributed by atoms with Gasteiger partial charge in [0, 0.05) is 25.6 Å². The Hall–Kier alpha value is -1.10. The van der Waals surface area contributed by atoms with E-state index in [1.165, 1.54) is 25.7 Å². The molecule has 1 N–H and O–H groups in total. The number of amides is 1. The van der Waals surface area contributed by atoms with Crippen molar-refractivity contribution in [2.75, 3.05) is 26.7 Å². The van der Waals surface area contributed by atoms with Gasteiger partial charge in [0.1, 0.15) is 0 Å². The van der Waals surface area contributed by atoms with Crippen molar-refractivity contribution < 1.29 is 14.7 Å². The summed E-state index contributed by atoms with van der Waals surface area (Å²) in [4.78, 5) is 27.6. The Kier molecular flexibility index (Phi) is 6.67. The highest BCUT2D eigenvalue weighted by molar-refractivity contribution is 5.76. The predicted octanol–water partition coefficient (Wildman–Crippen LogP) is 2.99. The molecular weight excluding hydrogens is 304 g/mol. The lowest BCUT2D eigenvalue weighted by atomic mass is 9.67. The van der Waals surface area contributed by atoms with Crippen LogP contribution < -0.4 is 0 Å². The van der Waals surface area contributed by atoms with Crippen LogP contribution in [0.1, 0.15) is 65.2 Å². The third kappa shape index (κ3) is 5.20. The average Bonchev–Trinajstić information content (AvgIpc) is 2.74. The van der Waals surface area contributed by atoms with E-state index in [0.717, 1.165) is 32.4 Å². The number of rotatable bonds is 5. The van der Waals surface area contributed by atoms with E-state index in [2.05, 4.69) is 13.8 Å². The van der Waals surface area contributed by atoms with Crippen molar-refractivity contribution in [1.82, 2.24) is 9.80 Å². The molecule has 2 unspecified atom stereocenters. The molecule has 1 aliphatic carbocycles. The summed E-state index contributed by atoms with van der Waals surface area (Å²) in [5, 5.41) is 8.95. The van der Waals surface area contributed by atoms with Crippen molar-refractivity contribution in [2.45, 2.75) is 71.3 Å². The van der Waals surface area contributed by atoms with Gasteiger partial charge in [-0.05, 0) is 50.5 Å². The van der Waals surface area contributed by atoms with Gasteiger partial charge in [0.05, 0.1) is 6.54 Å². The van der Waals surface area contributed by atoms with Crippen LogP contribution >= 0.6 is 0 Å². The number of aliphatic carboxylic acids is 1. The summed E-state index contributed by atoms with van der Waals surface area (Å²) < 4.78 is 0. The molecule has 2 aliphatic rings. The third-order valence-corrected chi connectivity index (χ3v) is 6.21. The molecule has 0 aromatic heterocycles. The minimum absolute atomic E-state index is 0.0783. The van der Waals surface area contributed by atoms with Gasteiger partial charge in [-0.1, -0.05) is 26.7 Å². The highest BCUT2D eigenvalue weighted by atomic mass is 16.4. The lowest BCUT2D eigenvalue weighted by molar-refractivity contribution is -0.138. The van der Waals surface area contributed by atoms with Gasteiger partial charge in [0.2, 0.25) is 5.91 Å². The summed E-state index contributed by atoms with van der Waals surface area (Å²) in [7, 11) is 1.88. The molecule has 138 valence electrons. The Balaban J connectivity index is 1.86. The molecule has 0 bridgehead atoms. The Bertz CT molecular complexity index is 450. The first-order chi connectivity index (χ1) is 11.3. The number of carboxylic acid groups (broad SMARTS) is 1. The molecule has 1 saturated heterocycles. The van der Waals surface area contributed by atoms with Crippen molar-refractivity contribution in [3.05, 3.63) is 0 Å². The van der Waals surface area contributed by atoms with Crippen LogP contribution in [0.3, 0.4) is 0 Å². The van der Waals surface area contributed by atoms with Crippen molar-refractivity contribution >= 4 is 11.9 Å². The summed E-state index contributed by atoms with van der Waals surface area (Å²) in [5.74, 6) is 0.0261. The molecule has 5 heteroatoms. The van der Waals surface area contributed by atoms with E-state index >= 15 is 0 Å². The number of hydrogen-bond donors (Lipinski definition) is 1. The van der Waals surface area contributed by atoms with Crippen molar-refractivity contribution in [3.8, 4) is 0 Å². The Morgan fingerprint density at radius 2 is 1.88 bits per heavy atom. The molecule has 0 spiro atoms. The first-order valence-electron chi connectivity index (χ1n) is 9.49. The summed E-state index contributed by atoms with van der Waals surface area (Å²) in [6, 6.07) is 0.269. The molecule has 1 saturated carbocycles. The van der Waals surface area contributed by atoms with Crippen molar-refractivity contribution in [3.63, 3.8) is 0 Å². The second-order valence-corrected chi connectivity index (χ2v) is 8.41. The van der Waals surface area contributed by atoms with E-state index in [9.17, 15) is 9.59 Å². The molecule has 1 aliphatic heterocycles. The highest BCUT2D eigenvalue weighted by Crippen LogP contribution is 2.42. The number of carboxylic acids is 1. The monoisotopic (exact) mass is 338 g/mol. The number of likely N-dealkylation sites (tertiary alicyclic amines) is 1. The predicted molar refractivity (Wildman–Crippen MR) is 94.8 cm³/mol. The van der Waals surface area contributed by atoms with Crippen LogP contribution in [0.4, 0.5) is 0 Å². The van der Waals surface area contributed by atoms with Gasteiger partial charge < -0.3 is 10.0 Å². The standard InChI is InChI=1S/C19H34N2O3/c1-19(2)10-5-4-7-15(19)13-17(22)21-11-6-8-16(9-12-21)20(3)14-18(23)24/h15-16H,4-14H2,1-3H3,(H,23,24). The fourth-order valence-corrected chi connectivity index (χ4v) is 4.40. The fraction of sp³-hybridized carbons (Fsp3) is 0.895. The first kappa shape index (κ1) is 19.2. The van der Waals surface area contributed by atoms with Gasteiger partial charge in [-0.2, -0.15) is 0 Å². The van der Waals surface area contributed by atoms with E-state index < -0.39 is 5.97 Å². The molecule has 1 amide bonds.